The van der Waals surface area contributed by atoms with Gasteiger partial charge in [-0.1, -0.05) is 37.5 Å². The molecule has 1 saturated carbocycles. The van der Waals surface area contributed by atoms with Crippen molar-refractivity contribution in [1.82, 2.24) is 5.32 Å². The summed E-state index contributed by atoms with van der Waals surface area (Å²) < 4.78 is 0. The number of benzene rings is 1. The highest BCUT2D eigenvalue weighted by atomic mass is 16.3. The highest BCUT2D eigenvalue weighted by Crippen LogP contribution is 2.23. The Morgan fingerprint density at radius 2 is 1.95 bits per heavy atom. The minimum Gasteiger partial charge on any atom is -0.508 e. The van der Waals surface area contributed by atoms with Crippen molar-refractivity contribution in [2.24, 2.45) is 5.92 Å². The molecule has 1 aliphatic carbocycles. The third-order valence-electron chi connectivity index (χ3n) is 4.35. The molecule has 116 valence electrons. The number of aliphatic hydroxyl groups excluding tert-OH is 1. The average molecular weight is 291 g/mol. The zero-order chi connectivity index (χ0) is 15.1. The third-order valence-corrected chi connectivity index (χ3v) is 4.35. The van der Waals surface area contributed by atoms with Crippen LogP contribution in [0.15, 0.2) is 24.3 Å². The minimum atomic E-state index is 0.00334. The van der Waals surface area contributed by atoms with Crippen molar-refractivity contribution in [3.63, 3.8) is 0 Å². The van der Waals surface area contributed by atoms with Crippen molar-refractivity contribution in [2.45, 2.75) is 51.0 Å². The van der Waals surface area contributed by atoms with E-state index in [9.17, 15) is 15.0 Å². The number of aryl methyl sites for hydroxylation is 1. The molecule has 0 aliphatic heterocycles. The summed E-state index contributed by atoms with van der Waals surface area (Å²) in [6, 6.07) is 7.20. The van der Waals surface area contributed by atoms with Crippen molar-refractivity contribution < 1.29 is 15.0 Å². The van der Waals surface area contributed by atoms with Gasteiger partial charge in [0.05, 0.1) is 0 Å². The van der Waals surface area contributed by atoms with Crippen molar-refractivity contribution >= 4 is 5.91 Å². The number of phenolic OH excluding ortho intramolecular Hbond substituents is 1. The molecule has 1 aliphatic rings. The largest absolute Gasteiger partial charge is 0.508 e. The van der Waals surface area contributed by atoms with Crippen LogP contribution in [-0.4, -0.2) is 28.8 Å². The molecule has 0 bridgehead atoms. The molecule has 21 heavy (non-hydrogen) atoms. The van der Waals surface area contributed by atoms with Crippen LogP contribution in [0.3, 0.4) is 0 Å². The van der Waals surface area contributed by atoms with Crippen LogP contribution in [0.5, 0.6) is 5.75 Å². The van der Waals surface area contributed by atoms with Crippen LogP contribution >= 0.6 is 0 Å². The lowest BCUT2D eigenvalue weighted by Crippen LogP contribution is -2.41. The highest BCUT2D eigenvalue weighted by Gasteiger charge is 2.24. The molecule has 2 rings (SSSR count). The van der Waals surface area contributed by atoms with E-state index in [-0.39, 0.29) is 30.2 Å². The molecule has 3 N–H and O–H groups in total. The summed E-state index contributed by atoms with van der Waals surface area (Å²) in [7, 11) is 0. The molecule has 2 unspecified atom stereocenters. The van der Waals surface area contributed by atoms with Gasteiger partial charge in [0.25, 0.3) is 0 Å². The van der Waals surface area contributed by atoms with E-state index >= 15 is 0 Å². The van der Waals surface area contributed by atoms with Gasteiger partial charge in [-0.2, -0.15) is 0 Å². The molecular weight excluding hydrogens is 266 g/mol. The van der Waals surface area contributed by atoms with Crippen molar-refractivity contribution in [3.05, 3.63) is 29.8 Å². The number of phenols is 1. The van der Waals surface area contributed by atoms with Crippen LogP contribution in [-0.2, 0) is 11.2 Å². The first-order valence-corrected chi connectivity index (χ1v) is 7.88. The number of rotatable bonds is 5. The highest BCUT2D eigenvalue weighted by molar-refractivity contribution is 5.76. The molecule has 0 radical (unpaired) electrons. The Bertz CT molecular complexity index is 461. The number of carbonyl (C=O) groups is 1. The van der Waals surface area contributed by atoms with Crippen LogP contribution in [0.2, 0.25) is 0 Å². The Labute approximate surface area is 126 Å². The molecule has 1 aromatic carbocycles. The molecule has 2 atom stereocenters. The second-order valence-electron chi connectivity index (χ2n) is 5.88. The van der Waals surface area contributed by atoms with Crippen LogP contribution in [0.25, 0.3) is 0 Å². The second kappa shape index (κ2) is 8.03. The summed E-state index contributed by atoms with van der Waals surface area (Å²) >= 11 is 0. The SMILES string of the molecule is O=C(CCc1ccccc1O)NC1CCCCCC1CO. The maximum absolute atomic E-state index is 12.1. The van der Waals surface area contributed by atoms with Gasteiger partial charge in [0.1, 0.15) is 5.75 Å². The van der Waals surface area contributed by atoms with Crippen molar-refractivity contribution in [2.75, 3.05) is 6.61 Å². The molecule has 4 heteroatoms. The number of amides is 1. The maximum Gasteiger partial charge on any atom is 0.220 e. The Morgan fingerprint density at radius 1 is 1.19 bits per heavy atom. The summed E-state index contributed by atoms with van der Waals surface area (Å²) in [5.74, 6) is 0.429. The first-order valence-electron chi connectivity index (χ1n) is 7.88. The monoisotopic (exact) mass is 291 g/mol. The van der Waals surface area contributed by atoms with Crippen LogP contribution < -0.4 is 5.32 Å². The van der Waals surface area contributed by atoms with Crippen LogP contribution in [0.1, 0.15) is 44.1 Å². The second-order valence-corrected chi connectivity index (χ2v) is 5.88. The quantitative estimate of drug-likeness (QED) is 0.730. The Hall–Kier alpha value is -1.55. The van der Waals surface area contributed by atoms with Gasteiger partial charge in [0.15, 0.2) is 0 Å². The Kier molecular flexibility index (Phi) is 6.05. The van der Waals surface area contributed by atoms with Gasteiger partial charge in [-0.15, -0.1) is 0 Å². The maximum atomic E-state index is 12.1. The van der Waals surface area contributed by atoms with E-state index in [2.05, 4.69) is 5.32 Å². The molecule has 0 saturated heterocycles. The van der Waals surface area contributed by atoms with E-state index in [1.807, 2.05) is 12.1 Å². The lowest BCUT2D eigenvalue weighted by molar-refractivity contribution is -0.122. The fraction of sp³-hybridized carbons (Fsp3) is 0.588. The molecule has 1 amide bonds. The average Bonchev–Trinajstić information content (AvgIpc) is 2.71. The van der Waals surface area contributed by atoms with E-state index in [4.69, 9.17) is 0 Å². The summed E-state index contributed by atoms with van der Waals surface area (Å²) in [5.41, 5.74) is 0.798. The normalized spacial score (nSPS) is 22.5. The molecule has 0 aromatic heterocycles. The topological polar surface area (TPSA) is 69.6 Å². The third kappa shape index (κ3) is 4.74. The minimum absolute atomic E-state index is 0.00334. The lowest BCUT2D eigenvalue weighted by Gasteiger charge is -2.24. The molecule has 0 spiro atoms. The first kappa shape index (κ1) is 15.8. The molecule has 1 fully saturated rings. The lowest BCUT2D eigenvalue weighted by atomic mass is 9.95. The number of hydrogen-bond acceptors (Lipinski definition) is 3. The van der Waals surface area contributed by atoms with Gasteiger partial charge in [-0.25, -0.2) is 0 Å². The zero-order valence-electron chi connectivity index (χ0n) is 12.4. The summed E-state index contributed by atoms with van der Waals surface area (Å²) in [6.07, 6.45) is 6.27. The Balaban J connectivity index is 1.84. The number of hydrogen-bond donors (Lipinski definition) is 3. The van der Waals surface area contributed by atoms with E-state index in [0.29, 0.717) is 12.8 Å². The summed E-state index contributed by atoms with van der Waals surface area (Å²) in [5, 5.41) is 22.2. The number of aliphatic hydroxyl groups is 1. The number of para-hydroxylation sites is 1. The van der Waals surface area contributed by atoms with E-state index in [0.717, 1.165) is 31.2 Å². The van der Waals surface area contributed by atoms with Gasteiger partial charge in [0, 0.05) is 25.0 Å². The van der Waals surface area contributed by atoms with Gasteiger partial charge in [-0.3, -0.25) is 4.79 Å². The number of nitrogens with one attached hydrogen (secondary N) is 1. The zero-order valence-corrected chi connectivity index (χ0v) is 12.4. The van der Waals surface area contributed by atoms with Crippen LogP contribution in [0.4, 0.5) is 0 Å². The van der Waals surface area contributed by atoms with Crippen molar-refractivity contribution in [1.29, 1.82) is 0 Å². The van der Waals surface area contributed by atoms with Gasteiger partial charge >= 0.3 is 0 Å². The predicted octanol–water partition coefficient (Wildman–Crippen LogP) is 2.38. The molecular formula is C17H25NO3. The summed E-state index contributed by atoms with van der Waals surface area (Å²) in [6.45, 7) is 0.143. The van der Waals surface area contributed by atoms with E-state index in [1.54, 1.807) is 12.1 Å². The molecule has 0 heterocycles. The van der Waals surface area contributed by atoms with Gasteiger partial charge < -0.3 is 15.5 Å². The number of carbonyl (C=O) groups excluding carboxylic acids is 1. The van der Waals surface area contributed by atoms with E-state index < -0.39 is 0 Å². The smallest absolute Gasteiger partial charge is 0.220 e. The van der Waals surface area contributed by atoms with Gasteiger partial charge in [-0.05, 0) is 30.9 Å². The standard InChI is InChI=1S/C17H25NO3/c19-12-14-7-2-1-3-8-15(14)18-17(21)11-10-13-6-4-5-9-16(13)20/h4-6,9,14-15,19-20H,1-3,7-8,10-12H2,(H,18,21). The van der Waals surface area contributed by atoms with E-state index in [1.165, 1.54) is 6.42 Å². The molecule has 4 nitrogen and oxygen atoms in total. The first-order chi connectivity index (χ1) is 10.2. The van der Waals surface area contributed by atoms with Gasteiger partial charge in [0.2, 0.25) is 5.91 Å². The Morgan fingerprint density at radius 3 is 2.71 bits per heavy atom. The fourth-order valence-electron chi connectivity index (χ4n) is 3.04. The molecule has 1 aromatic rings. The fourth-order valence-corrected chi connectivity index (χ4v) is 3.04. The van der Waals surface area contributed by atoms with Crippen molar-refractivity contribution in [3.8, 4) is 5.75 Å². The number of aromatic hydroxyl groups is 1. The van der Waals surface area contributed by atoms with Crippen LogP contribution in [0, 0.1) is 5.92 Å². The summed E-state index contributed by atoms with van der Waals surface area (Å²) in [4.78, 5) is 12.1. The predicted molar refractivity (Wildman–Crippen MR) is 82.0 cm³/mol.